The minimum atomic E-state index is -4.72. The number of ether oxygens (including phenoxy) is 2. The van der Waals surface area contributed by atoms with Crippen molar-refractivity contribution in [3.63, 3.8) is 0 Å². The van der Waals surface area contributed by atoms with Crippen molar-refractivity contribution in [2.75, 3.05) is 13.7 Å². The Morgan fingerprint density at radius 3 is 2.33 bits per heavy atom. The summed E-state index contributed by atoms with van der Waals surface area (Å²) in [5.74, 6) is -0.205. The molecule has 0 radical (unpaired) electrons. The zero-order valence-corrected chi connectivity index (χ0v) is 12.8. The van der Waals surface area contributed by atoms with E-state index < -0.39 is 18.0 Å². The summed E-state index contributed by atoms with van der Waals surface area (Å²) in [4.78, 5) is 0. The van der Waals surface area contributed by atoms with E-state index in [1.807, 2.05) is 20.8 Å². The standard InChI is InChI=1S/C15H22F3NO2/c1-5-10-19-13(14(2,3)20-4)11-8-6-7-9-12(11)21-15(16,17)18/h6-9,13,19H,5,10H2,1-4H3. The van der Waals surface area contributed by atoms with E-state index in [1.165, 1.54) is 19.2 Å². The van der Waals surface area contributed by atoms with Crippen LogP contribution >= 0.6 is 0 Å². The first-order valence-electron chi connectivity index (χ1n) is 6.84. The molecular formula is C15H22F3NO2. The minimum absolute atomic E-state index is 0.205. The second-order valence-electron chi connectivity index (χ2n) is 5.28. The summed E-state index contributed by atoms with van der Waals surface area (Å²) in [5.41, 5.74) is -0.254. The number of nitrogens with one attached hydrogen (secondary N) is 1. The molecule has 3 nitrogen and oxygen atoms in total. The summed E-state index contributed by atoms with van der Waals surface area (Å²) in [5, 5.41) is 3.23. The summed E-state index contributed by atoms with van der Waals surface area (Å²) < 4.78 is 47.2. The number of hydrogen-bond acceptors (Lipinski definition) is 3. The molecule has 1 aromatic carbocycles. The van der Waals surface area contributed by atoms with Gasteiger partial charge in [-0.1, -0.05) is 25.1 Å². The van der Waals surface area contributed by atoms with Crippen molar-refractivity contribution in [1.82, 2.24) is 5.32 Å². The van der Waals surface area contributed by atoms with Gasteiger partial charge < -0.3 is 14.8 Å². The zero-order valence-electron chi connectivity index (χ0n) is 12.8. The largest absolute Gasteiger partial charge is 0.573 e. The molecule has 21 heavy (non-hydrogen) atoms. The summed E-state index contributed by atoms with van der Waals surface area (Å²) >= 11 is 0. The highest BCUT2D eigenvalue weighted by Crippen LogP contribution is 2.36. The number of hydrogen-bond donors (Lipinski definition) is 1. The molecular weight excluding hydrogens is 283 g/mol. The monoisotopic (exact) mass is 305 g/mol. The average molecular weight is 305 g/mol. The lowest BCUT2D eigenvalue weighted by molar-refractivity contribution is -0.275. The Morgan fingerprint density at radius 2 is 1.81 bits per heavy atom. The molecule has 0 aromatic heterocycles. The molecule has 0 saturated heterocycles. The predicted molar refractivity (Wildman–Crippen MR) is 75.2 cm³/mol. The van der Waals surface area contributed by atoms with Crippen LogP contribution in [-0.4, -0.2) is 25.6 Å². The molecule has 1 unspecified atom stereocenters. The topological polar surface area (TPSA) is 30.5 Å². The number of methoxy groups -OCH3 is 1. The summed E-state index contributed by atoms with van der Waals surface area (Å²) in [7, 11) is 1.54. The Kier molecular flexibility index (Phi) is 6.04. The SMILES string of the molecule is CCCNC(c1ccccc1OC(F)(F)F)C(C)(C)OC. The maximum Gasteiger partial charge on any atom is 0.573 e. The van der Waals surface area contributed by atoms with Crippen molar-refractivity contribution in [1.29, 1.82) is 0 Å². The van der Waals surface area contributed by atoms with E-state index in [2.05, 4.69) is 10.1 Å². The van der Waals surface area contributed by atoms with Gasteiger partial charge in [0.15, 0.2) is 0 Å². The molecule has 1 atom stereocenters. The van der Waals surface area contributed by atoms with Crippen molar-refractivity contribution in [2.45, 2.75) is 45.2 Å². The third-order valence-corrected chi connectivity index (χ3v) is 3.28. The van der Waals surface area contributed by atoms with Gasteiger partial charge in [-0.15, -0.1) is 13.2 Å². The molecule has 1 N–H and O–H groups in total. The van der Waals surface area contributed by atoms with Crippen LogP contribution < -0.4 is 10.1 Å². The highest BCUT2D eigenvalue weighted by molar-refractivity contribution is 5.37. The lowest BCUT2D eigenvalue weighted by atomic mass is 9.90. The number of benzene rings is 1. The molecule has 0 aliphatic rings. The molecule has 0 heterocycles. The maximum absolute atomic E-state index is 12.5. The highest BCUT2D eigenvalue weighted by Gasteiger charge is 2.36. The highest BCUT2D eigenvalue weighted by atomic mass is 19.4. The molecule has 0 spiro atoms. The van der Waals surface area contributed by atoms with E-state index in [-0.39, 0.29) is 5.75 Å². The second-order valence-corrected chi connectivity index (χ2v) is 5.28. The number of alkyl halides is 3. The van der Waals surface area contributed by atoms with Crippen molar-refractivity contribution < 1.29 is 22.6 Å². The molecule has 0 aliphatic heterocycles. The van der Waals surface area contributed by atoms with Crippen molar-refractivity contribution in [3.05, 3.63) is 29.8 Å². The van der Waals surface area contributed by atoms with Crippen LogP contribution in [0.3, 0.4) is 0 Å². The quantitative estimate of drug-likeness (QED) is 0.824. The van der Waals surface area contributed by atoms with Gasteiger partial charge in [0, 0.05) is 12.7 Å². The summed E-state index contributed by atoms with van der Waals surface area (Å²) in [6.45, 7) is 6.30. The van der Waals surface area contributed by atoms with Gasteiger partial charge in [-0.3, -0.25) is 0 Å². The average Bonchev–Trinajstić information content (AvgIpc) is 2.39. The van der Waals surface area contributed by atoms with Gasteiger partial charge in [-0.2, -0.15) is 0 Å². The van der Waals surface area contributed by atoms with Crippen LogP contribution in [-0.2, 0) is 4.74 Å². The van der Waals surface area contributed by atoms with Gasteiger partial charge in [0.05, 0.1) is 11.6 Å². The Bertz CT molecular complexity index is 447. The molecule has 6 heteroatoms. The normalized spacial score (nSPS) is 14.0. The van der Waals surface area contributed by atoms with Crippen molar-refractivity contribution in [3.8, 4) is 5.75 Å². The summed E-state index contributed by atoms with van der Waals surface area (Å²) in [6, 6.07) is 5.72. The fraction of sp³-hybridized carbons (Fsp3) is 0.600. The number of para-hydroxylation sites is 1. The Morgan fingerprint density at radius 1 is 1.19 bits per heavy atom. The number of rotatable bonds is 7. The maximum atomic E-state index is 12.5. The molecule has 1 aromatic rings. The van der Waals surface area contributed by atoms with E-state index >= 15 is 0 Å². The van der Waals surface area contributed by atoms with Gasteiger partial charge in [-0.25, -0.2) is 0 Å². The van der Waals surface area contributed by atoms with Crippen LogP contribution in [0.2, 0.25) is 0 Å². The van der Waals surface area contributed by atoms with E-state index in [1.54, 1.807) is 12.1 Å². The van der Waals surface area contributed by atoms with Gasteiger partial charge in [0.2, 0.25) is 0 Å². The van der Waals surface area contributed by atoms with E-state index in [0.717, 1.165) is 6.42 Å². The molecule has 0 saturated carbocycles. The van der Waals surface area contributed by atoms with Gasteiger partial charge >= 0.3 is 6.36 Å². The van der Waals surface area contributed by atoms with Crippen LogP contribution in [0.4, 0.5) is 13.2 Å². The molecule has 0 fully saturated rings. The lowest BCUT2D eigenvalue weighted by Crippen LogP contribution is -2.41. The molecule has 0 aliphatic carbocycles. The van der Waals surface area contributed by atoms with E-state index in [0.29, 0.717) is 12.1 Å². The molecule has 0 bridgehead atoms. The first-order valence-corrected chi connectivity index (χ1v) is 6.84. The first-order chi connectivity index (χ1) is 9.71. The van der Waals surface area contributed by atoms with Gasteiger partial charge in [-0.05, 0) is 32.9 Å². The van der Waals surface area contributed by atoms with E-state index in [4.69, 9.17) is 4.74 Å². The van der Waals surface area contributed by atoms with Crippen LogP contribution in [0.5, 0.6) is 5.75 Å². The lowest BCUT2D eigenvalue weighted by Gasteiger charge is -2.35. The summed E-state index contributed by atoms with van der Waals surface area (Å²) in [6.07, 6.45) is -3.86. The van der Waals surface area contributed by atoms with E-state index in [9.17, 15) is 13.2 Å². The van der Waals surface area contributed by atoms with Crippen LogP contribution in [0.15, 0.2) is 24.3 Å². The Balaban J connectivity index is 3.18. The first kappa shape index (κ1) is 17.8. The fourth-order valence-electron chi connectivity index (χ4n) is 2.07. The van der Waals surface area contributed by atoms with Crippen molar-refractivity contribution in [2.24, 2.45) is 0 Å². The predicted octanol–water partition coefficient (Wildman–Crippen LogP) is 4.05. The van der Waals surface area contributed by atoms with Crippen LogP contribution in [0.25, 0.3) is 0 Å². The van der Waals surface area contributed by atoms with Crippen LogP contribution in [0.1, 0.15) is 38.8 Å². The fourth-order valence-corrected chi connectivity index (χ4v) is 2.07. The van der Waals surface area contributed by atoms with Crippen LogP contribution in [0, 0.1) is 0 Å². The third kappa shape index (κ3) is 5.21. The third-order valence-electron chi connectivity index (χ3n) is 3.28. The Labute approximate surface area is 123 Å². The molecule has 0 amide bonds. The number of halogens is 3. The van der Waals surface area contributed by atoms with Crippen molar-refractivity contribution >= 4 is 0 Å². The molecule has 120 valence electrons. The van der Waals surface area contributed by atoms with Gasteiger partial charge in [0.1, 0.15) is 5.75 Å². The molecule has 1 rings (SSSR count). The minimum Gasteiger partial charge on any atom is -0.405 e. The second kappa shape index (κ2) is 7.13. The van der Waals surface area contributed by atoms with Gasteiger partial charge in [0.25, 0.3) is 0 Å². The smallest absolute Gasteiger partial charge is 0.405 e. The Hall–Kier alpha value is -1.27. The zero-order chi connectivity index (χ0) is 16.1.